The van der Waals surface area contributed by atoms with Crippen LogP contribution in [0.15, 0.2) is 17.2 Å². The smallest absolute Gasteiger partial charge is 0.274 e. The van der Waals surface area contributed by atoms with Crippen molar-refractivity contribution in [2.45, 2.75) is 13.3 Å². The molecular formula is C9H11N5O2. The van der Waals surface area contributed by atoms with Gasteiger partial charge in [0.25, 0.3) is 11.3 Å². The van der Waals surface area contributed by atoms with Crippen molar-refractivity contribution in [3.8, 4) is 0 Å². The lowest BCUT2D eigenvalue weighted by molar-refractivity contribution is -0.120. The fourth-order valence-electron chi connectivity index (χ4n) is 1.38. The number of rotatable bonds is 3. The maximum absolute atomic E-state index is 11.5. The molecule has 2 heterocycles. The fraction of sp³-hybridized carbons (Fsp3) is 0.333. The Morgan fingerprint density at radius 1 is 1.62 bits per heavy atom. The van der Waals surface area contributed by atoms with Crippen LogP contribution < -0.4 is 10.9 Å². The zero-order valence-electron chi connectivity index (χ0n) is 8.73. The number of likely N-dealkylation sites (N-methyl/N-ethyl adjacent to an activating group) is 1. The average molecular weight is 221 g/mol. The minimum absolute atomic E-state index is 0.0897. The minimum Gasteiger partial charge on any atom is -0.356 e. The lowest BCUT2D eigenvalue weighted by atomic mass is 10.3. The van der Waals surface area contributed by atoms with Crippen molar-refractivity contribution >= 4 is 11.7 Å². The molecule has 7 heteroatoms. The number of hydrogen-bond donors (Lipinski definition) is 2. The van der Waals surface area contributed by atoms with Crippen molar-refractivity contribution in [3.63, 3.8) is 0 Å². The number of hydrogen-bond acceptors (Lipinski definition) is 4. The summed E-state index contributed by atoms with van der Waals surface area (Å²) in [6.07, 6.45) is 1.46. The molecule has 0 saturated carbocycles. The van der Waals surface area contributed by atoms with Gasteiger partial charge in [-0.15, -0.1) is 0 Å². The van der Waals surface area contributed by atoms with E-state index >= 15 is 0 Å². The molecule has 0 aliphatic rings. The van der Waals surface area contributed by atoms with Gasteiger partial charge in [-0.25, -0.2) is 9.97 Å². The number of carbonyl (C=O) groups is 1. The van der Waals surface area contributed by atoms with E-state index in [9.17, 15) is 9.59 Å². The second-order valence-corrected chi connectivity index (χ2v) is 3.24. The largest absolute Gasteiger partial charge is 0.356 e. The standard InChI is InChI=1S/C9H11N5O2/c1-2-10-7(15)3-6-4-8(16)14-9(13-6)11-5-12-14/h4-5H,2-3H2,1H3,(H,10,15)(H,11,12,13). The predicted molar refractivity (Wildman–Crippen MR) is 56.0 cm³/mol. The Morgan fingerprint density at radius 2 is 2.44 bits per heavy atom. The lowest BCUT2D eigenvalue weighted by Crippen LogP contribution is -2.26. The third kappa shape index (κ3) is 1.92. The molecule has 2 rings (SSSR count). The van der Waals surface area contributed by atoms with Gasteiger partial charge in [-0.1, -0.05) is 0 Å². The van der Waals surface area contributed by atoms with E-state index < -0.39 is 0 Å². The van der Waals surface area contributed by atoms with Crippen molar-refractivity contribution in [2.24, 2.45) is 0 Å². The molecule has 0 aliphatic heterocycles. The van der Waals surface area contributed by atoms with Crippen LogP contribution in [0.4, 0.5) is 0 Å². The van der Waals surface area contributed by atoms with E-state index in [1.54, 1.807) is 0 Å². The van der Waals surface area contributed by atoms with E-state index in [4.69, 9.17) is 0 Å². The highest BCUT2D eigenvalue weighted by Gasteiger charge is 2.07. The molecule has 0 aromatic carbocycles. The van der Waals surface area contributed by atoms with Crippen molar-refractivity contribution < 1.29 is 4.79 Å². The summed E-state index contributed by atoms with van der Waals surface area (Å²) >= 11 is 0. The van der Waals surface area contributed by atoms with Crippen LogP contribution in [0.2, 0.25) is 0 Å². The molecule has 16 heavy (non-hydrogen) atoms. The van der Waals surface area contributed by atoms with Gasteiger partial charge in [-0.3, -0.25) is 14.7 Å². The minimum atomic E-state index is -0.276. The van der Waals surface area contributed by atoms with E-state index in [1.807, 2.05) is 6.92 Å². The Bertz CT molecular complexity index is 571. The van der Waals surface area contributed by atoms with E-state index in [2.05, 4.69) is 20.4 Å². The highest BCUT2D eigenvalue weighted by molar-refractivity contribution is 5.78. The molecule has 0 aliphatic carbocycles. The van der Waals surface area contributed by atoms with Crippen LogP contribution in [0.25, 0.3) is 5.78 Å². The number of fused-ring (bicyclic) bond motifs is 1. The second kappa shape index (κ2) is 4.13. The van der Waals surface area contributed by atoms with Gasteiger partial charge < -0.3 is 5.32 Å². The van der Waals surface area contributed by atoms with Crippen LogP contribution in [-0.2, 0) is 11.2 Å². The van der Waals surface area contributed by atoms with Gasteiger partial charge in [0.15, 0.2) is 0 Å². The highest BCUT2D eigenvalue weighted by atomic mass is 16.1. The quantitative estimate of drug-likeness (QED) is 0.702. The zero-order chi connectivity index (χ0) is 11.5. The number of aromatic nitrogens is 4. The zero-order valence-corrected chi connectivity index (χ0v) is 8.73. The van der Waals surface area contributed by atoms with Crippen molar-refractivity contribution in [1.82, 2.24) is 24.9 Å². The van der Waals surface area contributed by atoms with Gasteiger partial charge in [-0.05, 0) is 6.92 Å². The summed E-state index contributed by atoms with van der Waals surface area (Å²) < 4.78 is 1.21. The van der Waals surface area contributed by atoms with Gasteiger partial charge in [0.05, 0.1) is 12.1 Å². The predicted octanol–water partition coefficient (Wildman–Crippen LogP) is -0.904. The van der Waals surface area contributed by atoms with Gasteiger partial charge in [0.1, 0.15) is 6.33 Å². The number of aromatic amines is 1. The van der Waals surface area contributed by atoms with E-state index in [0.717, 1.165) is 0 Å². The molecular weight excluding hydrogens is 210 g/mol. The Morgan fingerprint density at radius 3 is 3.19 bits per heavy atom. The monoisotopic (exact) mass is 221 g/mol. The van der Waals surface area contributed by atoms with Crippen LogP contribution in [-0.4, -0.2) is 32.0 Å². The summed E-state index contributed by atoms with van der Waals surface area (Å²) in [5.41, 5.74) is 0.143. The molecule has 7 nitrogen and oxygen atoms in total. The molecule has 0 radical (unpaired) electrons. The Kier molecular flexibility index (Phi) is 2.67. The first-order valence-electron chi connectivity index (χ1n) is 4.89. The van der Waals surface area contributed by atoms with Crippen LogP contribution >= 0.6 is 0 Å². The van der Waals surface area contributed by atoms with Crippen molar-refractivity contribution in [1.29, 1.82) is 0 Å². The summed E-state index contributed by atoms with van der Waals surface area (Å²) in [6.45, 7) is 2.39. The second-order valence-electron chi connectivity index (χ2n) is 3.24. The molecule has 0 bridgehead atoms. The Hall–Kier alpha value is -2.18. The maximum atomic E-state index is 11.5. The molecule has 1 amide bonds. The summed E-state index contributed by atoms with van der Waals surface area (Å²) in [6, 6.07) is 1.32. The number of carbonyl (C=O) groups excluding carboxylic acids is 1. The van der Waals surface area contributed by atoms with E-state index in [0.29, 0.717) is 12.2 Å². The van der Waals surface area contributed by atoms with Crippen LogP contribution in [0.1, 0.15) is 12.6 Å². The number of nitrogens with zero attached hydrogens (tertiary/aromatic N) is 3. The summed E-state index contributed by atoms with van der Waals surface area (Å²) in [4.78, 5) is 30.8. The van der Waals surface area contributed by atoms with Crippen molar-refractivity contribution in [2.75, 3.05) is 6.54 Å². The van der Waals surface area contributed by atoms with Crippen LogP contribution in [0, 0.1) is 0 Å². The molecule has 2 N–H and O–H groups in total. The van der Waals surface area contributed by atoms with Gasteiger partial charge in [-0.2, -0.15) is 4.52 Å². The maximum Gasteiger partial charge on any atom is 0.274 e. The number of amides is 1. The van der Waals surface area contributed by atoms with Gasteiger partial charge in [0.2, 0.25) is 5.91 Å². The topological polar surface area (TPSA) is 92.2 Å². The molecule has 0 atom stereocenters. The molecule has 84 valence electrons. The fourth-order valence-corrected chi connectivity index (χ4v) is 1.38. The summed E-state index contributed by atoms with van der Waals surface area (Å²) in [5, 5.41) is 5.26. The van der Waals surface area contributed by atoms with Crippen molar-refractivity contribution in [3.05, 3.63) is 28.4 Å². The SMILES string of the molecule is CCNC(=O)Cc1cc(=O)n2[nH]cnc2n1. The highest BCUT2D eigenvalue weighted by Crippen LogP contribution is 1.95. The van der Waals surface area contributed by atoms with Gasteiger partial charge >= 0.3 is 0 Å². The molecule has 0 fully saturated rings. The summed E-state index contributed by atoms with van der Waals surface area (Å²) in [5.74, 6) is 0.112. The Labute approximate surface area is 90.5 Å². The van der Waals surface area contributed by atoms with E-state index in [-0.39, 0.29) is 23.7 Å². The van der Waals surface area contributed by atoms with E-state index in [1.165, 1.54) is 16.9 Å². The third-order valence-electron chi connectivity index (χ3n) is 2.04. The van der Waals surface area contributed by atoms with Crippen LogP contribution in [0.3, 0.4) is 0 Å². The molecule has 2 aromatic heterocycles. The first-order valence-corrected chi connectivity index (χ1v) is 4.89. The Balaban J connectivity index is 2.31. The number of H-pyrrole nitrogens is 1. The third-order valence-corrected chi connectivity index (χ3v) is 2.04. The number of nitrogens with one attached hydrogen (secondary N) is 2. The lowest BCUT2D eigenvalue weighted by Gasteiger charge is -2.01. The summed E-state index contributed by atoms with van der Waals surface area (Å²) in [7, 11) is 0. The first-order chi connectivity index (χ1) is 7.70. The normalized spacial score (nSPS) is 10.6. The molecule has 0 spiro atoms. The van der Waals surface area contributed by atoms with Gasteiger partial charge in [0, 0.05) is 12.6 Å². The van der Waals surface area contributed by atoms with Crippen LogP contribution in [0.5, 0.6) is 0 Å². The first kappa shape index (κ1) is 10.3. The average Bonchev–Trinajstić information content (AvgIpc) is 2.66. The molecule has 2 aromatic rings. The molecule has 0 unspecified atom stereocenters. The molecule has 0 saturated heterocycles.